The molecule has 0 radical (unpaired) electrons. The van der Waals surface area contributed by atoms with Gasteiger partial charge in [-0.2, -0.15) is 5.10 Å². The molecule has 0 saturated carbocycles. The number of benzene rings is 3. The van der Waals surface area contributed by atoms with Gasteiger partial charge in [-0.3, -0.25) is 19.1 Å². The van der Waals surface area contributed by atoms with E-state index >= 15 is 0 Å². The Hall–Kier alpha value is -5.03. The Morgan fingerprint density at radius 3 is 2.35 bits per heavy atom. The normalized spacial score (nSPS) is 20.1. The van der Waals surface area contributed by atoms with E-state index < -0.39 is 41.7 Å². The molecule has 202 valence electrons. The van der Waals surface area contributed by atoms with Gasteiger partial charge in [0.2, 0.25) is 5.91 Å². The average molecular weight is 543 g/mol. The Kier molecular flexibility index (Phi) is 6.27. The van der Waals surface area contributed by atoms with Gasteiger partial charge in [-0.25, -0.2) is 19.1 Å². The van der Waals surface area contributed by atoms with Crippen molar-refractivity contribution in [3.8, 4) is 11.5 Å². The van der Waals surface area contributed by atoms with Gasteiger partial charge in [0.1, 0.15) is 17.4 Å². The van der Waals surface area contributed by atoms with Gasteiger partial charge >= 0.3 is 5.97 Å². The lowest BCUT2D eigenvalue weighted by Gasteiger charge is -2.29. The molecule has 3 aromatic carbocycles. The number of esters is 1. The Morgan fingerprint density at radius 2 is 1.68 bits per heavy atom. The summed E-state index contributed by atoms with van der Waals surface area (Å²) in [6.45, 7) is 0. The number of imide groups is 1. The third kappa shape index (κ3) is 4.16. The Bertz CT molecular complexity index is 1610. The van der Waals surface area contributed by atoms with Crippen molar-refractivity contribution in [3.05, 3.63) is 102 Å². The standard InChI is InChI=1S/C29H23FN4O6/c1-32-21(14-15-31-32)29(37)39-22-13-8-17(16-23(22)38-2)25-24-26(40-34(25)20-6-4-3-5-7-20)28(36)33(27(24)35)19-11-9-18(30)10-12-19/h3-16,24-26H,1-2H3/t24-,25-,26-/m1/s1. The molecule has 40 heavy (non-hydrogen) atoms. The van der Waals surface area contributed by atoms with Crippen molar-refractivity contribution >= 4 is 29.2 Å². The monoisotopic (exact) mass is 542 g/mol. The van der Waals surface area contributed by atoms with E-state index in [1.54, 1.807) is 30.3 Å². The molecule has 0 unspecified atom stereocenters. The summed E-state index contributed by atoms with van der Waals surface area (Å²) in [6.07, 6.45) is 0.386. The zero-order chi connectivity index (χ0) is 28.0. The number of aryl methyl sites for hydroxylation is 1. The van der Waals surface area contributed by atoms with Gasteiger partial charge in [0, 0.05) is 13.2 Å². The summed E-state index contributed by atoms with van der Waals surface area (Å²) in [5, 5.41) is 5.53. The molecule has 2 amide bonds. The Morgan fingerprint density at radius 1 is 0.925 bits per heavy atom. The average Bonchev–Trinajstić information content (AvgIpc) is 3.64. The molecule has 11 heteroatoms. The lowest BCUT2D eigenvalue weighted by molar-refractivity contribution is -0.126. The minimum absolute atomic E-state index is 0.168. The van der Waals surface area contributed by atoms with Gasteiger partial charge in [0.05, 0.1) is 24.5 Å². The van der Waals surface area contributed by atoms with Gasteiger partial charge < -0.3 is 9.47 Å². The van der Waals surface area contributed by atoms with E-state index in [2.05, 4.69) is 5.10 Å². The second-order valence-corrected chi connectivity index (χ2v) is 9.29. The fourth-order valence-corrected chi connectivity index (χ4v) is 5.08. The van der Waals surface area contributed by atoms with Gasteiger partial charge in [0.15, 0.2) is 17.6 Å². The molecule has 1 aromatic heterocycles. The van der Waals surface area contributed by atoms with Gasteiger partial charge in [-0.15, -0.1) is 0 Å². The van der Waals surface area contributed by atoms with Crippen LogP contribution in [0.2, 0.25) is 0 Å². The minimum atomic E-state index is -1.10. The second-order valence-electron chi connectivity index (χ2n) is 9.29. The molecule has 2 fully saturated rings. The van der Waals surface area contributed by atoms with Crippen molar-refractivity contribution in [2.24, 2.45) is 13.0 Å². The second kappa shape index (κ2) is 9.93. The molecule has 3 heterocycles. The fraction of sp³-hybridized carbons (Fsp3) is 0.172. The number of hydrogen-bond donors (Lipinski definition) is 0. The van der Waals surface area contributed by atoms with Crippen LogP contribution in [0.25, 0.3) is 0 Å². The summed E-state index contributed by atoms with van der Waals surface area (Å²) < 4.78 is 26.0. The number of fused-ring (bicyclic) bond motifs is 1. The molecule has 2 saturated heterocycles. The summed E-state index contributed by atoms with van der Waals surface area (Å²) in [4.78, 5) is 47.1. The maximum Gasteiger partial charge on any atom is 0.362 e. The van der Waals surface area contributed by atoms with Gasteiger partial charge in [-0.05, 0) is 60.2 Å². The lowest BCUT2D eigenvalue weighted by atomic mass is 9.90. The predicted molar refractivity (Wildman–Crippen MR) is 140 cm³/mol. The van der Waals surface area contributed by atoms with Crippen LogP contribution in [0.4, 0.5) is 15.8 Å². The van der Waals surface area contributed by atoms with Crippen LogP contribution in [-0.4, -0.2) is 40.8 Å². The summed E-state index contributed by atoms with van der Waals surface area (Å²) in [5.41, 5.74) is 1.75. The first-order chi connectivity index (χ1) is 19.4. The Balaban J connectivity index is 1.38. The number of amides is 2. The Labute approximate surface area is 228 Å². The highest BCUT2D eigenvalue weighted by Crippen LogP contribution is 2.48. The van der Waals surface area contributed by atoms with E-state index in [1.165, 1.54) is 48.3 Å². The molecule has 0 aliphatic carbocycles. The highest BCUT2D eigenvalue weighted by Gasteiger charge is 2.60. The van der Waals surface area contributed by atoms with Gasteiger partial charge in [-0.1, -0.05) is 24.3 Å². The van der Waals surface area contributed by atoms with Crippen LogP contribution in [0.15, 0.2) is 85.1 Å². The van der Waals surface area contributed by atoms with Gasteiger partial charge in [0.25, 0.3) is 5.91 Å². The molecule has 0 bridgehead atoms. The zero-order valence-electron chi connectivity index (χ0n) is 21.4. The number of hydrogen-bond acceptors (Lipinski definition) is 8. The maximum absolute atomic E-state index is 13.8. The summed E-state index contributed by atoms with van der Waals surface area (Å²) >= 11 is 0. The smallest absolute Gasteiger partial charge is 0.362 e. The quantitative estimate of drug-likeness (QED) is 0.206. The number of carbonyl (C=O) groups is 3. The number of hydroxylamine groups is 1. The first kappa shape index (κ1) is 25.3. The predicted octanol–water partition coefficient (Wildman–Crippen LogP) is 3.84. The summed E-state index contributed by atoms with van der Waals surface area (Å²) in [6, 6.07) is 19.9. The number of anilines is 2. The number of ether oxygens (including phenoxy) is 2. The molecule has 2 aliphatic rings. The third-order valence-corrected chi connectivity index (χ3v) is 6.97. The number of halogens is 1. The number of rotatable bonds is 6. The SMILES string of the molecule is COc1cc([C@@H]2[C@H]3C(=O)N(c4ccc(F)cc4)C(=O)[C@@H]3ON2c2ccccc2)ccc1OC(=O)c1ccnn1C. The van der Waals surface area contributed by atoms with Crippen LogP contribution in [0.1, 0.15) is 22.1 Å². The van der Waals surface area contributed by atoms with Crippen LogP contribution in [0.3, 0.4) is 0 Å². The van der Waals surface area contributed by atoms with Crippen LogP contribution < -0.4 is 19.4 Å². The first-order valence-corrected chi connectivity index (χ1v) is 12.4. The fourth-order valence-electron chi connectivity index (χ4n) is 5.08. The van der Waals surface area contributed by atoms with E-state index in [4.69, 9.17) is 14.3 Å². The van der Waals surface area contributed by atoms with Crippen LogP contribution in [0, 0.1) is 11.7 Å². The molecule has 4 aromatic rings. The van der Waals surface area contributed by atoms with E-state index in [1.807, 2.05) is 30.3 Å². The number of aromatic nitrogens is 2. The zero-order valence-corrected chi connectivity index (χ0v) is 21.4. The topological polar surface area (TPSA) is 103 Å². The number of nitrogens with zero attached hydrogens (tertiary/aromatic N) is 4. The van der Waals surface area contributed by atoms with Crippen LogP contribution >= 0.6 is 0 Å². The number of carbonyl (C=O) groups excluding carboxylic acids is 3. The van der Waals surface area contributed by atoms with Crippen molar-refractivity contribution in [3.63, 3.8) is 0 Å². The van der Waals surface area contributed by atoms with Crippen molar-refractivity contribution in [2.75, 3.05) is 17.1 Å². The molecule has 10 nitrogen and oxygen atoms in total. The van der Waals surface area contributed by atoms with E-state index in [0.717, 1.165) is 4.90 Å². The maximum atomic E-state index is 13.8. The molecule has 3 atom stereocenters. The molecule has 0 N–H and O–H groups in total. The largest absolute Gasteiger partial charge is 0.493 e. The number of methoxy groups -OCH3 is 1. The molecular weight excluding hydrogens is 519 g/mol. The van der Waals surface area contributed by atoms with Crippen molar-refractivity contribution in [2.45, 2.75) is 12.1 Å². The molecule has 6 rings (SSSR count). The number of para-hydroxylation sites is 1. The first-order valence-electron chi connectivity index (χ1n) is 12.4. The molecular formula is C29H23FN4O6. The van der Waals surface area contributed by atoms with E-state index in [-0.39, 0.29) is 22.9 Å². The van der Waals surface area contributed by atoms with E-state index in [9.17, 15) is 18.8 Å². The molecule has 0 spiro atoms. The van der Waals surface area contributed by atoms with E-state index in [0.29, 0.717) is 11.3 Å². The van der Waals surface area contributed by atoms with Crippen LogP contribution in [-0.2, 0) is 21.5 Å². The highest BCUT2D eigenvalue weighted by molar-refractivity contribution is 6.23. The summed E-state index contributed by atoms with van der Waals surface area (Å²) in [7, 11) is 3.06. The highest BCUT2D eigenvalue weighted by atomic mass is 19.1. The lowest BCUT2D eigenvalue weighted by Crippen LogP contribution is -2.37. The van der Waals surface area contributed by atoms with Crippen molar-refractivity contribution < 1.29 is 33.1 Å². The minimum Gasteiger partial charge on any atom is -0.493 e. The third-order valence-electron chi connectivity index (χ3n) is 6.97. The van der Waals surface area contributed by atoms with Crippen molar-refractivity contribution in [1.29, 1.82) is 0 Å². The van der Waals surface area contributed by atoms with Crippen molar-refractivity contribution in [1.82, 2.24) is 9.78 Å². The van der Waals surface area contributed by atoms with Crippen LogP contribution in [0.5, 0.6) is 11.5 Å². The molecule has 2 aliphatic heterocycles. The summed E-state index contributed by atoms with van der Waals surface area (Å²) in [5.74, 6) is -2.62.